The van der Waals surface area contributed by atoms with Crippen molar-refractivity contribution in [2.45, 2.75) is 52.2 Å². The highest BCUT2D eigenvalue weighted by molar-refractivity contribution is 7.11. The Hall–Kier alpha value is -2.06. The Morgan fingerprint density at radius 3 is 3.11 bits per heavy atom. The van der Waals surface area contributed by atoms with E-state index in [-0.39, 0.29) is 11.9 Å². The second-order valence-corrected chi connectivity index (χ2v) is 8.50. The van der Waals surface area contributed by atoms with Gasteiger partial charge in [-0.25, -0.2) is 15.0 Å². The van der Waals surface area contributed by atoms with Crippen molar-refractivity contribution < 1.29 is 9.53 Å². The second-order valence-electron chi connectivity index (χ2n) is 7.22. The minimum absolute atomic E-state index is 0.0668. The number of thiazole rings is 1. The van der Waals surface area contributed by atoms with Gasteiger partial charge in [-0.2, -0.15) is 0 Å². The van der Waals surface area contributed by atoms with E-state index < -0.39 is 0 Å². The van der Waals surface area contributed by atoms with Gasteiger partial charge in [-0.1, -0.05) is 0 Å². The Kier molecular flexibility index (Phi) is 5.36. The summed E-state index contributed by atoms with van der Waals surface area (Å²) in [5.74, 6) is 0.834. The zero-order valence-corrected chi connectivity index (χ0v) is 16.6. The van der Waals surface area contributed by atoms with Crippen LogP contribution in [0, 0.1) is 13.8 Å². The summed E-state index contributed by atoms with van der Waals surface area (Å²) in [6.45, 7) is 6.94. The van der Waals surface area contributed by atoms with Gasteiger partial charge in [0.15, 0.2) is 0 Å². The lowest BCUT2D eigenvalue weighted by atomic mass is 10.1. The van der Waals surface area contributed by atoms with Crippen LogP contribution in [0.25, 0.3) is 0 Å². The number of anilines is 1. The lowest BCUT2D eigenvalue weighted by Gasteiger charge is -2.33. The smallest absolute Gasteiger partial charge is 0.225 e. The number of hydrogen-bond donors (Lipinski definition) is 1. The molecule has 8 heteroatoms. The van der Waals surface area contributed by atoms with Crippen molar-refractivity contribution in [2.24, 2.45) is 0 Å². The molecular weight excluding hydrogens is 362 g/mol. The first-order valence-corrected chi connectivity index (χ1v) is 10.3. The number of ether oxygens (including phenoxy) is 1. The van der Waals surface area contributed by atoms with Gasteiger partial charge >= 0.3 is 0 Å². The summed E-state index contributed by atoms with van der Waals surface area (Å²) in [6.07, 6.45) is 5.14. The first-order valence-electron chi connectivity index (χ1n) is 9.48. The average Bonchev–Trinajstić information content (AvgIpc) is 2.98. The van der Waals surface area contributed by atoms with Crippen molar-refractivity contribution in [3.05, 3.63) is 33.0 Å². The van der Waals surface area contributed by atoms with E-state index in [1.165, 1.54) is 0 Å². The summed E-state index contributed by atoms with van der Waals surface area (Å²) in [5.41, 5.74) is 3.14. The largest absolute Gasteiger partial charge is 0.376 e. The maximum Gasteiger partial charge on any atom is 0.225 e. The second kappa shape index (κ2) is 7.90. The predicted molar refractivity (Wildman–Crippen MR) is 104 cm³/mol. The number of hydrogen-bond acceptors (Lipinski definition) is 7. The van der Waals surface area contributed by atoms with E-state index in [1.807, 2.05) is 20.0 Å². The fourth-order valence-electron chi connectivity index (χ4n) is 3.71. The molecule has 7 nitrogen and oxygen atoms in total. The minimum Gasteiger partial charge on any atom is -0.376 e. The van der Waals surface area contributed by atoms with E-state index in [1.54, 1.807) is 11.3 Å². The van der Waals surface area contributed by atoms with Crippen molar-refractivity contribution in [1.82, 2.24) is 20.3 Å². The van der Waals surface area contributed by atoms with Gasteiger partial charge in [0.2, 0.25) is 11.9 Å². The average molecular weight is 388 g/mol. The summed E-state index contributed by atoms with van der Waals surface area (Å²) < 4.78 is 5.46. The van der Waals surface area contributed by atoms with Crippen LogP contribution in [0.1, 0.15) is 39.7 Å². The van der Waals surface area contributed by atoms with Gasteiger partial charge in [-0.05, 0) is 26.7 Å². The van der Waals surface area contributed by atoms with Crippen LogP contribution < -0.4 is 10.2 Å². The molecule has 1 amide bonds. The molecule has 1 saturated heterocycles. The van der Waals surface area contributed by atoms with Crippen LogP contribution in [-0.2, 0) is 29.0 Å². The molecule has 0 aliphatic carbocycles. The number of piperidine rings is 1. The van der Waals surface area contributed by atoms with Crippen molar-refractivity contribution >= 4 is 23.2 Å². The van der Waals surface area contributed by atoms with Gasteiger partial charge in [0.1, 0.15) is 0 Å². The van der Waals surface area contributed by atoms with Crippen molar-refractivity contribution in [2.75, 3.05) is 24.6 Å². The minimum atomic E-state index is 0.0668. The fraction of sp³-hybridized carbons (Fsp3) is 0.579. The third-order valence-corrected chi connectivity index (χ3v) is 6.15. The van der Waals surface area contributed by atoms with Crippen LogP contribution in [-0.4, -0.2) is 46.6 Å². The standard InChI is InChI=1S/C19H25N5O2S/c1-12-17(27-13(2)21-12)8-18(25)22-15-4-3-6-24(10-15)19-20-9-14-11-26-7-5-16(14)23-19/h9,15H,3-8,10-11H2,1-2H3,(H,22,25)/t15-/m1/s1. The van der Waals surface area contributed by atoms with Crippen molar-refractivity contribution in [3.8, 4) is 0 Å². The number of aryl methyl sites for hydroxylation is 2. The van der Waals surface area contributed by atoms with Crippen LogP contribution in [0.15, 0.2) is 6.20 Å². The van der Waals surface area contributed by atoms with Crippen LogP contribution >= 0.6 is 11.3 Å². The van der Waals surface area contributed by atoms with E-state index >= 15 is 0 Å². The highest BCUT2D eigenvalue weighted by Crippen LogP contribution is 2.21. The molecule has 0 saturated carbocycles. The Morgan fingerprint density at radius 1 is 1.41 bits per heavy atom. The molecule has 2 aromatic rings. The molecule has 1 fully saturated rings. The van der Waals surface area contributed by atoms with Gasteiger partial charge in [0, 0.05) is 42.2 Å². The fourth-order valence-corrected chi connectivity index (χ4v) is 4.65. The topological polar surface area (TPSA) is 80.2 Å². The predicted octanol–water partition coefficient (Wildman–Crippen LogP) is 1.95. The van der Waals surface area contributed by atoms with Gasteiger partial charge in [0.05, 0.1) is 36.0 Å². The molecule has 27 heavy (non-hydrogen) atoms. The molecule has 1 atom stereocenters. The molecule has 0 aromatic carbocycles. The van der Waals surface area contributed by atoms with Gasteiger partial charge in [-0.3, -0.25) is 4.79 Å². The molecule has 0 spiro atoms. The molecule has 4 heterocycles. The van der Waals surface area contributed by atoms with E-state index in [2.05, 4.69) is 20.2 Å². The molecule has 4 rings (SSSR count). The number of fused-ring (bicyclic) bond motifs is 1. The normalized spacial score (nSPS) is 19.6. The summed E-state index contributed by atoms with van der Waals surface area (Å²) in [6, 6.07) is 0.128. The zero-order valence-electron chi connectivity index (χ0n) is 15.8. The van der Waals surface area contributed by atoms with Crippen LogP contribution in [0.2, 0.25) is 0 Å². The van der Waals surface area contributed by atoms with Gasteiger partial charge in [0.25, 0.3) is 0 Å². The molecule has 144 valence electrons. The highest BCUT2D eigenvalue weighted by Gasteiger charge is 2.24. The molecular formula is C19H25N5O2S. The number of carbonyl (C=O) groups is 1. The molecule has 2 aromatic heterocycles. The highest BCUT2D eigenvalue weighted by atomic mass is 32.1. The summed E-state index contributed by atoms with van der Waals surface area (Å²) in [5, 5.41) is 4.20. The van der Waals surface area contributed by atoms with E-state index in [0.29, 0.717) is 13.0 Å². The summed E-state index contributed by atoms with van der Waals surface area (Å²) in [7, 11) is 0. The maximum atomic E-state index is 12.5. The molecule has 0 unspecified atom stereocenters. The van der Waals surface area contributed by atoms with E-state index in [4.69, 9.17) is 9.72 Å². The number of aromatic nitrogens is 3. The third kappa shape index (κ3) is 4.27. The van der Waals surface area contributed by atoms with Crippen molar-refractivity contribution in [1.29, 1.82) is 0 Å². The number of nitrogens with one attached hydrogen (secondary N) is 1. The number of amides is 1. The van der Waals surface area contributed by atoms with Gasteiger partial charge < -0.3 is 15.0 Å². The SMILES string of the molecule is Cc1nc(C)c(CC(=O)N[C@@H]2CCCN(c3ncc4c(n3)CCOC4)C2)s1. The lowest BCUT2D eigenvalue weighted by molar-refractivity contribution is -0.121. The third-order valence-electron chi connectivity index (χ3n) is 5.07. The maximum absolute atomic E-state index is 12.5. The molecule has 2 aliphatic rings. The quantitative estimate of drug-likeness (QED) is 0.864. The Morgan fingerprint density at radius 2 is 2.30 bits per heavy atom. The molecule has 1 N–H and O–H groups in total. The monoisotopic (exact) mass is 387 g/mol. The van der Waals surface area contributed by atoms with E-state index in [0.717, 1.165) is 71.7 Å². The first-order chi connectivity index (χ1) is 13.1. The van der Waals surface area contributed by atoms with Gasteiger partial charge in [-0.15, -0.1) is 11.3 Å². The number of carbonyl (C=O) groups excluding carboxylic acids is 1. The Bertz CT molecular complexity index is 838. The molecule has 0 radical (unpaired) electrons. The molecule has 2 aliphatic heterocycles. The summed E-state index contributed by atoms with van der Waals surface area (Å²) in [4.78, 5) is 29.4. The number of rotatable bonds is 4. The van der Waals surface area contributed by atoms with Crippen molar-refractivity contribution in [3.63, 3.8) is 0 Å². The van der Waals surface area contributed by atoms with Crippen LogP contribution in [0.4, 0.5) is 5.95 Å². The lowest BCUT2D eigenvalue weighted by Crippen LogP contribution is -2.48. The van der Waals surface area contributed by atoms with E-state index in [9.17, 15) is 4.79 Å². The van der Waals surface area contributed by atoms with Crippen LogP contribution in [0.5, 0.6) is 0 Å². The zero-order chi connectivity index (χ0) is 18.8. The number of nitrogens with zero attached hydrogens (tertiary/aromatic N) is 4. The summed E-state index contributed by atoms with van der Waals surface area (Å²) >= 11 is 1.60. The Labute approximate surface area is 163 Å². The van der Waals surface area contributed by atoms with Crippen LogP contribution in [0.3, 0.4) is 0 Å². The Balaban J connectivity index is 1.38. The first kappa shape index (κ1) is 18.3. The molecule has 0 bridgehead atoms.